The summed E-state index contributed by atoms with van der Waals surface area (Å²) in [6.07, 6.45) is 118. The van der Waals surface area contributed by atoms with Gasteiger partial charge < -0.3 is 14.6 Å². The lowest BCUT2D eigenvalue weighted by Gasteiger charge is -2.15. The van der Waals surface area contributed by atoms with Gasteiger partial charge in [0, 0.05) is 12.8 Å². The second-order valence-corrected chi connectivity index (χ2v) is 23.9. The highest BCUT2D eigenvalue weighted by atomic mass is 16.6. The van der Waals surface area contributed by atoms with Crippen LogP contribution in [0.4, 0.5) is 0 Å². The number of allylic oxidation sites excluding steroid dienone is 28. The first-order valence-electron chi connectivity index (χ1n) is 36.7. The second kappa shape index (κ2) is 76.5. The van der Waals surface area contributed by atoms with Gasteiger partial charge in [-0.1, -0.05) is 351 Å². The highest BCUT2D eigenvalue weighted by Gasteiger charge is 2.16. The van der Waals surface area contributed by atoms with Crippen LogP contribution < -0.4 is 0 Å². The van der Waals surface area contributed by atoms with Crippen LogP contribution in [0.5, 0.6) is 0 Å². The quantitative estimate of drug-likeness (QED) is 0.0373. The molecule has 88 heavy (non-hydrogen) atoms. The SMILES string of the molecule is CC/C=C\C/C=C\C/C=C\C/C=C\C/C=C\C/C=C\C/C=C\C/C=C\C/C=C\C/C=C\CCCCCCCCC(=O)OC(CO)COC(=O)CCCCCCCCCCCCCCCCCCCCCCCCCC/C=C\C/C=C\C/C=C\C/C=C\CC. The van der Waals surface area contributed by atoms with E-state index in [1.165, 1.54) is 161 Å². The van der Waals surface area contributed by atoms with Gasteiger partial charge in [-0.2, -0.15) is 0 Å². The first kappa shape index (κ1) is 83.3. The fourth-order valence-corrected chi connectivity index (χ4v) is 10.1. The van der Waals surface area contributed by atoms with Crippen LogP contribution in [-0.2, 0) is 19.1 Å². The first-order valence-corrected chi connectivity index (χ1v) is 36.7. The average molecular weight is 1210 g/mol. The first-order chi connectivity index (χ1) is 43.6. The van der Waals surface area contributed by atoms with E-state index in [-0.39, 0.29) is 25.2 Å². The molecular weight excluding hydrogens is 1080 g/mol. The zero-order valence-electron chi connectivity index (χ0n) is 57.2. The summed E-state index contributed by atoms with van der Waals surface area (Å²) in [5.74, 6) is -0.606. The lowest BCUT2D eigenvalue weighted by molar-refractivity contribution is -0.161. The van der Waals surface area contributed by atoms with E-state index in [4.69, 9.17) is 9.47 Å². The van der Waals surface area contributed by atoms with Gasteiger partial charge in [0.1, 0.15) is 6.61 Å². The van der Waals surface area contributed by atoms with Crippen LogP contribution in [0.2, 0.25) is 0 Å². The lowest BCUT2D eigenvalue weighted by Crippen LogP contribution is -2.28. The molecule has 5 nitrogen and oxygen atoms in total. The van der Waals surface area contributed by atoms with Gasteiger partial charge in [-0.05, 0) is 128 Å². The molecule has 0 bridgehead atoms. The third-order valence-corrected chi connectivity index (χ3v) is 15.5. The summed E-state index contributed by atoms with van der Waals surface area (Å²) in [7, 11) is 0. The van der Waals surface area contributed by atoms with Crippen molar-refractivity contribution in [3.63, 3.8) is 0 Å². The Morgan fingerprint density at radius 1 is 0.261 bits per heavy atom. The monoisotopic (exact) mass is 1210 g/mol. The van der Waals surface area contributed by atoms with Gasteiger partial charge in [-0.3, -0.25) is 9.59 Å². The number of aliphatic hydroxyl groups is 1. The third-order valence-electron chi connectivity index (χ3n) is 15.5. The van der Waals surface area contributed by atoms with Gasteiger partial charge in [-0.15, -0.1) is 0 Å². The molecule has 0 heterocycles. The van der Waals surface area contributed by atoms with Crippen molar-refractivity contribution in [3.8, 4) is 0 Å². The number of carbonyl (C=O) groups excluding carboxylic acids is 2. The fourth-order valence-electron chi connectivity index (χ4n) is 10.1. The van der Waals surface area contributed by atoms with Crippen molar-refractivity contribution >= 4 is 11.9 Å². The fraction of sp³-hybridized carbons (Fsp3) is 0.639. The molecular formula is C83H136O5. The predicted octanol–water partition coefficient (Wildman–Crippen LogP) is 26.0. The van der Waals surface area contributed by atoms with E-state index in [9.17, 15) is 14.7 Å². The topological polar surface area (TPSA) is 72.8 Å². The van der Waals surface area contributed by atoms with Gasteiger partial charge >= 0.3 is 11.9 Å². The Morgan fingerprint density at radius 3 is 0.682 bits per heavy atom. The number of carbonyl (C=O) groups is 2. The molecule has 0 amide bonds. The molecule has 0 saturated carbocycles. The maximum Gasteiger partial charge on any atom is 0.306 e. The number of ether oxygens (including phenoxy) is 2. The van der Waals surface area contributed by atoms with Gasteiger partial charge in [0.05, 0.1) is 6.61 Å². The Bertz CT molecular complexity index is 1910. The Balaban J connectivity index is 3.53. The van der Waals surface area contributed by atoms with Crippen molar-refractivity contribution < 1.29 is 24.2 Å². The van der Waals surface area contributed by atoms with Crippen molar-refractivity contribution in [1.82, 2.24) is 0 Å². The molecule has 0 saturated heterocycles. The largest absolute Gasteiger partial charge is 0.462 e. The Hall–Kier alpha value is -4.74. The molecule has 0 aliphatic carbocycles. The molecule has 0 aliphatic rings. The van der Waals surface area contributed by atoms with E-state index < -0.39 is 6.10 Å². The third kappa shape index (κ3) is 73.7. The predicted molar refractivity (Wildman–Crippen MR) is 389 cm³/mol. The van der Waals surface area contributed by atoms with E-state index >= 15 is 0 Å². The summed E-state index contributed by atoms with van der Waals surface area (Å²) >= 11 is 0. The van der Waals surface area contributed by atoms with Crippen molar-refractivity contribution in [1.29, 1.82) is 0 Å². The zero-order chi connectivity index (χ0) is 63.3. The molecule has 0 rings (SSSR count). The van der Waals surface area contributed by atoms with Crippen LogP contribution in [0.1, 0.15) is 322 Å². The average Bonchev–Trinajstić information content (AvgIpc) is 3.55. The minimum Gasteiger partial charge on any atom is -0.462 e. The number of esters is 2. The van der Waals surface area contributed by atoms with E-state index in [2.05, 4.69) is 184 Å². The molecule has 1 unspecified atom stereocenters. The smallest absolute Gasteiger partial charge is 0.306 e. The van der Waals surface area contributed by atoms with Crippen LogP contribution in [0.25, 0.3) is 0 Å². The van der Waals surface area contributed by atoms with Gasteiger partial charge in [-0.25, -0.2) is 0 Å². The number of unbranched alkanes of at least 4 members (excludes halogenated alkanes) is 30. The summed E-state index contributed by atoms with van der Waals surface area (Å²) in [5, 5.41) is 9.71. The molecule has 498 valence electrons. The van der Waals surface area contributed by atoms with Crippen LogP contribution in [0.15, 0.2) is 170 Å². The molecule has 0 aromatic carbocycles. The molecule has 0 spiro atoms. The zero-order valence-corrected chi connectivity index (χ0v) is 57.2. The highest BCUT2D eigenvalue weighted by Crippen LogP contribution is 2.17. The Kier molecular flexibility index (Phi) is 72.4. The van der Waals surface area contributed by atoms with Gasteiger partial charge in [0.15, 0.2) is 6.10 Å². The van der Waals surface area contributed by atoms with Crippen LogP contribution in [-0.4, -0.2) is 36.4 Å². The molecule has 5 heteroatoms. The highest BCUT2D eigenvalue weighted by molar-refractivity contribution is 5.70. The maximum atomic E-state index is 12.4. The number of hydrogen-bond donors (Lipinski definition) is 1. The summed E-state index contributed by atoms with van der Waals surface area (Å²) in [4.78, 5) is 24.7. The van der Waals surface area contributed by atoms with E-state index in [1.807, 2.05) is 0 Å². The van der Waals surface area contributed by atoms with E-state index in [1.54, 1.807) is 0 Å². The lowest BCUT2D eigenvalue weighted by atomic mass is 10.0. The molecule has 0 aliphatic heterocycles. The molecule has 0 aromatic rings. The van der Waals surface area contributed by atoms with Gasteiger partial charge in [0.2, 0.25) is 0 Å². The maximum absolute atomic E-state index is 12.4. The van der Waals surface area contributed by atoms with Crippen molar-refractivity contribution in [2.45, 2.75) is 328 Å². The number of aliphatic hydroxyl groups excluding tert-OH is 1. The van der Waals surface area contributed by atoms with Crippen LogP contribution >= 0.6 is 0 Å². The second-order valence-electron chi connectivity index (χ2n) is 23.9. The molecule has 1 N–H and O–H groups in total. The molecule has 1 atom stereocenters. The normalized spacial score (nSPS) is 13.3. The summed E-state index contributed by atoms with van der Waals surface area (Å²) in [6, 6.07) is 0. The summed E-state index contributed by atoms with van der Waals surface area (Å²) < 4.78 is 10.8. The number of hydrogen-bond acceptors (Lipinski definition) is 5. The van der Waals surface area contributed by atoms with E-state index in [0.29, 0.717) is 12.8 Å². The molecule has 0 aromatic heterocycles. The minimum atomic E-state index is -0.792. The van der Waals surface area contributed by atoms with Crippen molar-refractivity contribution in [2.75, 3.05) is 13.2 Å². The van der Waals surface area contributed by atoms with Crippen LogP contribution in [0.3, 0.4) is 0 Å². The Labute approximate surface area is 544 Å². The van der Waals surface area contributed by atoms with E-state index in [0.717, 1.165) is 135 Å². The summed E-state index contributed by atoms with van der Waals surface area (Å²) in [6.45, 7) is 3.92. The minimum absolute atomic E-state index is 0.0782. The Morgan fingerprint density at radius 2 is 0.455 bits per heavy atom. The van der Waals surface area contributed by atoms with Gasteiger partial charge in [0.25, 0.3) is 0 Å². The summed E-state index contributed by atoms with van der Waals surface area (Å²) in [5.41, 5.74) is 0. The molecule has 0 fully saturated rings. The standard InChI is InChI=1S/C83H136O5/c1-3-5-7-9-11-13-15-17-19-21-23-25-27-29-31-33-35-37-39-41-43-45-47-49-51-53-55-57-59-61-63-65-67-69-71-73-75-77-82(85)87-80-81(79-84)88-83(86)78-76-74-72-70-68-66-64-62-60-58-56-54-52-50-48-46-44-42-40-38-36-34-32-30-28-26-24-22-20-18-16-14-12-10-8-6-4-2/h5-8,11-14,17-20,23-26,30,32,36,38,42,44,48,50,54,56,60,62,81,84H,3-4,9-10,15-16,21-22,27-29,31,33-35,37,39-41,43,45-47,49,51-53,55,57-59,61,63-80H2,1-2H3/b7-5-,8-6-,13-11-,14-12-,19-17-,20-18-,25-23-,26-24-,32-30-,38-36-,44-42-,50-48-,56-54-,62-60-. The van der Waals surface area contributed by atoms with Crippen molar-refractivity contribution in [3.05, 3.63) is 170 Å². The van der Waals surface area contributed by atoms with Crippen LogP contribution in [0, 0.1) is 0 Å². The molecule has 0 radical (unpaired) electrons. The number of rotatable bonds is 66. The van der Waals surface area contributed by atoms with Crippen molar-refractivity contribution in [2.24, 2.45) is 0 Å².